The Bertz CT molecular complexity index is 149. The third kappa shape index (κ3) is 4.64. The molecule has 5 heteroatoms. The molecule has 0 saturated heterocycles. The Balaban J connectivity index is 3.75. The molecule has 0 rings (SSSR count). The Kier molecular flexibility index (Phi) is 5.43. The summed E-state index contributed by atoms with van der Waals surface area (Å²) in [6.07, 6.45) is 1.09. The van der Waals surface area contributed by atoms with Gasteiger partial charge in [0.15, 0.2) is 4.50 Å². The Hall–Kier alpha value is -0.220. The van der Waals surface area contributed by atoms with E-state index in [0.717, 1.165) is 0 Å². The van der Waals surface area contributed by atoms with E-state index in [1.165, 1.54) is 11.8 Å². The lowest BCUT2D eigenvalue weighted by molar-refractivity contribution is 0.164. The maximum atomic E-state index is 10.5. The molecule has 0 unspecified atom stereocenters. The number of aliphatic imine (C=N–C) groups is 1. The van der Waals surface area contributed by atoms with Gasteiger partial charge >= 0.3 is 6.09 Å². The summed E-state index contributed by atoms with van der Waals surface area (Å²) in [6.45, 7) is 2.03. The first-order valence-electron chi connectivity index (χ1n) is 2.65. The SMILES string of the molecule is CCOC(=O)N=C(Cl)SC. The average Bonchev–Trinajstić information content (AvgIpc) is 1.88. The highest BCUT2D eigenvalue weighted by Gasteiger charge is 1.98. The van der Waals surface area contributed by atoms with E-state index >= 15 is 0 Å². The fraction of sp³-hybridized carbons (Fsp3) is 0.600. The molecule has 0 bridgehead atoms. The van der Waals surface area contributed by atoms with E-state index in [1.807, 2.05) is 0 Å². The maximum absolute atomic E-state index is 10.5. The van der Waals surface area contributed by atoms with Crippen LogP contribution in [-0.4, -0.2) is 23.5 Å². The molecule has 10 heavy (non-hydrogen) atoms. The van der Waals surface area contributed by atoms with E-state index < -0.39 is 6.09 Å². The van der Waals surface area contributed by atoms with Gasteiger partial charge in [-0.3, -0.25) is 0 Å². The molecule has 1 amide bonds. The lowest BCUT2D eigenvalue weighted by Crippen LogP contribution is -1.98. The first-order chi connectivity index (χ1) is 4.70. The summed E-state index contributed by atoms with van der Waals surface area (Å²) in [4.78, 5) is 13.9. The van der Waals surface area contributed by atoms with Crippen molar-refractivity contribution in [3.8, 4) is 0 Å². The molecule has 0 aromatic heterocycles. The van der Waals surface area contributed by atoms with Crippen LogP contribution in [-0.2, 0) is 4.74 Å². The molecule has 0 aromatic rings. The monoisotopic (exact) mass is 181 g/mol. The second kappa shape index (κ2) is 5.56. The van der Waals surface area contributed by atoms with Crippen LogP contribution < -0.4 is 0 Å². The number of rotatable bonds is 1. The number of hydrogen-bond acceptors (Lipinski definition) is 3. The minimum absolute atomic E-state index is 0.193. The summed E-state index contributed by atoms with van der Waals surface area (Å²) in [5.41, 5.74) is 0. The molecular formula is C5H8ClNO2S. The van der Waals surface area contributed by atoms with Crippen LogP contribution in [0.1, 0.15) is 6.92 Å². The van der Waals surface area contributed by atoms with E-state index in [1.54, 1.807) is 13.2 Å². The Morgan fingerprint density at radius 1 is 1.80 bits per heavy atom. The van der Waals surface area contributed by atoms with Gasteiger partial charge in [0.25, 0.3) is 0 Å². The smallest absolute Gasteiger partial charge is 0.435 e. The van der Waals surface area contributed by atoms with Gasteiger partial charge in [0.05, 0.1) is 6.61 Å². The average molecular weight is 182 g/mol. The van der Waals surface area contributed by atoms with E-state index in [9.17, 15) is 4.79 Å². The van der Waals surface area contributed by atoms with Gasteiger partial charge in [-0.25, -0.2) is 4.79 Å². The normalized spacial score (nSPS) is 11.3. The number of carbonyl (C=O) groups is 1. The van der Waals surface area contributed by atoms with Gasteiger partial charge in [0.1, 0.15) is 0 Å². The van der Waals surface area contributed by atoms with Crippen molar-refractivity contribution in [3.63, 3.8) is 0 Å². The van der Waals surface area contributed by atoms with Crippen LogP contribution in [0.2, 0.25) is 0 Å². The van der Waals surface area contributed by atoms with Crippen LogP contribution in [0.5, 0.6) is 0 Å². The van der Waals surface area contributed by atoms with Crippen molar-refractivity contribution in [3.05, 3.63) is 0 Å². The van der Waals surface area contributed by atoms with E-state index in [2.05, 4.69) is 9.73 Å². The van der Waals surface area contributed by atoms with Crippen LogP contribution in [0.3, 0.4) is 0 Å². The molecule has 0 spiro atoms. The van der Waals surface area contributed by atoms with Gasteiger partial charge in [-0.15, -0.1) is 0 Å². The molecule has 0 atom stereocenters. The zero-order valence-electron chi connectivity index (χ0n) is 5.76. The number of thioether (sulfide) groups is 1. The van der Waals surface area contributed by atoms with Crippen LogP contribution in [0.25, 0.3) is 0 Å². The summed E-state index contributed by atoms with van der Waals surface area (Å²) in [6, 6.07) is 0. The topological polar surface area (TPSA) is 38.7 Å². The zero-order chi connectivity index (χ0) is 7.98. The third-order valence-corrected chi connectivity index (χ3v) is 1.59. The van der Waals surface area contributed by atoms with Crippen molar-refractivity contribution >= 4 is 34.0 Å². The summed E-state index contributed by atoms with van der Waals surface area (Å²) < 4.78 is 4.68. The highest BCUT2D eigenvalue weighted by molar-refractivity contribution is 8.16. The second-order valence-electron chi connectivity index (χ2n) is 1.27. The molecule has 0 aliphatic heterocycles. The molecule has 0 saturated carbocycles. The van der Waals surface area contributed by atoms with Crippen LogP contribution in [0.4, 0.5) is 4.79 Å². The highest BCUT2D eigenvalue weighted by Crippen LogP contribution is 2.03. The van der Waals surface area contributed by atoms with E-state index in [0.29, 0.717) is 6.61 Å². The standard InChI is InChI=1S/C5H8ClNO2S/c1-3-9-5(8)7-4(6)10-2/h3H2,1-2H3. The van der Waals surface area contributed by atoms with Crippen molar-refractivity contribution in [1.82, 2.24) is 0 Å². The number of hydrogen-bond donors (Lipinski definition) is 0. The van der Waals surface area contributed by atoms with Gasteiger partial charge in [0, 0.05) is 0 Å². The van der Waals surface area contributed by atoms with Gasteiger partial charge in [-0.1, -0.05) is 23.4 Å². The number of carbonyl (C=O) groups excluding carboxylic acids is 1. The molecule has 0 radical (unpaired) electrons. The van der Waals surface area contributed by atoms with E-state index in [-0.39, 0.29) is 4.50 Å². The number of nitrogens with zero attached hydrogens (tertiary/aromatic N) is 1. The van der Waals surface area contributed by atoms with E-state index in [4.69, 9.17) is 11.6 Å². The maximum Gasteiger partial charge on any atom is 0.435 e. The van der Waals surface area contributed by atoms with Gasteiger partial charge in [-0.05, 0) is 13.2 Å². The quantitative estimate of drug-likeness (QED) is 0.460. The van der Waals surface area contributed by atoms with Crippen LogP contribution in [0, 0.1) is 0 Å². The largest absolute Gasteiger partial charge is 0.448 e. The first kappa shape index (κ1) is 9.78. The minimum Gasteiger partial charge on any atom is -0.448 e. The summed E-state index contributed by atoms with van der Waals surface area (Å²) in [7, 11) is 0. The highest BCUT2D eigenvalue weighted by atomic mass is 35.5. The summed E-state index contributed by atoms with van der Waals surface area (Å²) >= 11 is 6.60. The first-order valence-corrected chi connectivity index (χ1v) is 4.26. The lowest BCUT2D eigenvalue weighted by Gasteiger charge is -1.93. The van der Waals surface area contributed by atoms with Gasteiger partial charge in [-0.2, -0.15) is 4.99 Å². The Morgan fingerprint density at radius 2 is 2.40 bits per heavy atom. The number of halogens is 1. The predicted molar refractivity (Wildman–Crippen MR) is 43.8 cm³/mol. The van der Waals surface area contributed by atoms with Crippen molar-refractivity contribution in [2.45, 2.75) is 6.92 Å². The van der Waals surface area contributed by atoms with Crippen LogP contribution >= 0.6 is 23.4 Å². The molecule has 0 fully saturated rings. The number of amides is 1. The Labute approximate surface area is 68.8 Å². The number of ether oxygens (including phenoxy) is 1. The predicted octanol–water partition coefficient (Wildman–Crippen LogP) is 2.10. The summed E-state index contributed by atoms with van der Waals surface area (Å²) in [5, 5.41) is 0. The zero-order valence-corrected chi connectivity index (χ0v) is 7.33. The molecule has 0 N–H and O–H groups in total. The molecule has 0 aromatic carbocycles. The van der Waals surface area contributed by atoms with Crippen molar-refractivity contribution < 1.29 is 9.53 Å². The fourth-order valence-electron chi connectivity index (χ4n) is 0.273. The lowest BCUT2D eigenvalue weighted by atomic mass is 10.9. The summed E-state index contributed by atoms with van der Waals surface area (Å²) in [5.74, 6) is 0. The third-order valence-electron chi connectivity index (χ3n) is 0.615. The second-order valence-corrected chi connectivity index (χ2v) is 2.64. The molecule has 0 heterocycles. The minimum atomic E-state index is -0.637. The van der Waals surface area contributed by atoms with Crippen molar-refractivity contribution in [2.24, 2.45) is 4.99 Å². The molecule has 0 aliphatic rings. The molecule has 3 nitrogen and oxygen atoms in total. The molecule has 0 aliphatic carbocycles. The molecular weight excluding hydrogens is 174 g/mol. The van der Waals surface area contributed by atoms with Gasteiger partial charge in [0.2, 0.25) is 0 Å². The van der Waals surface area contributed by atoms with Crippen molar-refractivity contribution in [1.29, 1.82) is 0 Å². The van der Waals surface area contributed by atoms with Crippen molar-refractivity contribution in [2.75, 3.05) is 12.9 Å². The Morgan fingerprint density at radius 3 is 2.80 bits per heavy atom. The van der Waals surface area contributed by atoms with Crippen LogP contribution in [0.15, 0.2) is 4.99 Å². The van der Waals surface area contributed by atoms with Gasteiger partial charge < -0.3 is 4.74 Å². The molecule has 58 valence electrons. The fourth-order valence-corrected chi connectivity index (χ4v) is 0.508.